The van der Waals surface area contributed by atoms with Crippen molar-refractivity contribution in [3.63, 3.8) is 0 Å². The second-order valence-corrected chi connectivity index (χ2v) is 10.2. The number of carbonyl (C=O) groups is 6. The number of likely N-dealkylation sites (tertiary alicyclic amines) is 1. The maximum atomic E-state index is 13.7. The molecule has 10 N–H and O–H groups in total. The first-order valence-electron chi connectivity index (χ1n) is 14.1. The van der Waals surface area contributed by atoms with Crippen LogP contribution in [0.3, 0.4) is 0 Å². The van der Waals surface area contributed by atoms with Crippen molar-refractivity contribution in [3.05, 3.63) is 0 Å². The van der Waals surface area contributed by atoms with E-state index >= 15 is 0 Å². The van der Waals surface area contributed by atoms with Gasteiger partial charge >= 0.3 is 0 Å². The summed E-state index contributed by atoms with van der Waals surface area (Å²) in [5.41, 5.74) is 16.0. The molecule has 1 heterocycles. The molecule has 0 aliphatic carbocycles. The first-order chi connectivity index (χ1) is 19.3. The molecular weight excluding hydrogens is 534 g/mol. The highest BCUT2D eigenvalue weighted by atomic mass is 16.2. The summed E-state index contributed by atoms with van der Waals surface area (Å²) in [5.74, 6) is -3.50. The van der Waals surface area contributed by atoms with Crippen molar-refractivity contribution >= 4 is 41.4 Å². The Morgan fingerprint density at radius 1 is 0.951 bits per heavy atom. The number of carbonyl (C=O) groups excluding carboxylic acids is 6. The van der Waals surface area contributed by atoms with E-state index in [4.69, 9.17) is 17.2 Å². The average molecular weight is 582 g/mol. The molecule has 0 unspecified atom stereocenters. The minimum absolute atomic E-state index is 0.0440. The fraction of sp³-hybridized carbons (Fsp3) is 0.731. The van der Waals surface area contributed by atoms with E-state index in [1.807, 2.05) is 6.92 Å². The summed E-state index contributed by atoms with van der Waals surface area (Å²) in [6.07, 6.45) is 2.03. The van der Waals surface area contributed by atoms with E-state index in [1.54, 1.807) is 13.8 Å². The first-order valence-corrected chi connectivity index (χ1v) is 14.1. The molecule has 41 heavy (non-hydrogen) atoms. The van der Waals surface area contributed by atoms with Crippen LogP contribution >= 0.6 is 0 Å². The lowest BCUT2D eigenvalue weighted by Crippen LogP contribution is -2.59. The van der Waals surface area contributed by atoms with Crippen LogP contribution in [0.4, 0.5) is 0 Å². The highest BCUT2D eigenvalue weighted by molar-refractivity contribution is 5.96. The molecule has 1 aliphatic rings. The first kappa shape index (κ1) is 35.1. The standard InChI is InChI=1S/C26H47N9O6/c1-5-15(3)21(34-22(38)17(32-16(4)36)11-12-20(27)37)24(40)33-18(9-7-13-31-26(28)29)25(41)35-14-8-10-19(35)23(39)30-6-2/h15,17-19,21H,5-14H2,1-4H3,(H2,27,37)(H,30,39)(H,32,36)(H,33,40)(H,34,38)(H4,28,29,31)/t15-,17+,18-,19-,21-/m0/s1. The molecule has 0 bridgehead atoms. The number of rotatable bonds is 17. The number of nitrogens with two attached hydrogens (primary N) is 3. The molecule has 1 fully saturated rings. The van der Waals surface area contributed by atoms with E-state index in [2.05, 4.69) is 26.3 Å². The van der Waals surface area contributed by atoms with Crippen LogP contribution in [-0.2, 0) is 28.8 Å². The van der Waals surface area contributed by atoms with Crippen molar-refractivity contribution in [2.24, 2.45) is 28.1 Å². The number of nitrogens with one attached hydrogen (secondary N) is 4. The van der Waals surface area contributed by atoms with Crippen LogP contribution in [0.2, 0.25) is 0 Å². The number of amides is 6. The van der Waals surface area contributed by atoms with Gasteiger partial charge in [0, 0.05) is 33.0 Å². The van der Waals surface area contributed by atoms with Crippen LogP contribution in [0, 0.1) is 5.92 Å². The van der Waals surface area contributed by atoms with Crippen molar-refractivity contribution in [3.8, 4) is 0 Å². The second kappa shape index (κ2) is 17.7. The molecule has 0 radical (unpaired) electrons. The van der Waals surface area contributed by atoms with Crippen molar-refractivity contribution in [1.82, 2.24) is 26.2 Å². The van der Waals surface area contributed by atoms with Crippen LogP contribution in [0.15, 0.2) is 4.99 Å². The molecule has 15 nitrogen and oxygen atoms in total. The van der Waals surface area contributed by atoms with Gasteiger partial charge in [-0.15, -0.1) is 0 Å². The molecule has 1 rings (SSSR count). The number of likely N-dealkylation sites (N-methyl/N-ethyl adjacent to an activating group) is 1. The normalized spacial score (nSPS) is 17.4. The van der Waals surface area contributed by atoms with Gasteiger partial charge in [-0.1, -0.05) is 20.3 Å². The second-order valence-electron chi connectivity index (χ2n) is 10.2. The highest BCUT2D eigenvalue weighted by Gasteiger charge is 2.38. The van der Waals surface area contributed by atoms with Gasteiger partial charge in [0.05, 0.1) is 0 Å². The summed E-state index contributed by atoms with van der Waals surface area (Å²) in [5, 5.41) is 10.7. The molecule has 6 amide bonds. The van der Waals surface area contributed by atoms with Gasteiger partial charge in [0.1, 0.15) is 24.2 Å². The molecule has 1 aliphatic heterocycles. The van der Waals surface area contributed by atoms with Crippen LogP contribution < -0.4 is 38.5 Å². The van der Waals surface area contributed by atoms with Crippen LogP contribution in [0.25, 0.3) is 0 Å². The SMILES string of the molecule is CCNC(=O)[C@@H]1CCCN1C(=O)[C@H](CCCN=C(N)N)NC(=O)[C@@H](NC(=O)[C@@H](CCC(N)=O)NC(C)=O)[C@@H](C)CC. The largest absolute Gasteiger partial charge is 0.370 e. The zero-order chi connectivity index (χ0) is 31.1. The third-order valence-corrected chi connectivity index (χ3v) is 6.92. The van der Waals surface area contributed by atoms with E-state index in [0.29, 0.717) is 38.8 Å². The Morgan fingerprint density at radius 3 is 2.20 bits per heavy atom. The summed E-state index contributed by atoms with van der Waals surface area (Å²) in [6.45, 7) is 7.65. The monoisotopic (exact) mass is 581 g/mol. The lowest BCUT2D eigenvalue weighted by molar-refractivity contribution is -0.142. The number of aliphatic imine (C=N–C) groups is 1. The van der Waals surface area contributed by atoms with E-state index in [1.165, 1.54) is 11.8 Å². The average Bonchev–Trinajstić information content (AvgIpc) is 3.40. The molecule has 0 aromatic heterocycles. The molecule has 0 saturated carbocycles. The van der Waals surface area contributed by atoms with E-state index in [-0.39, 0.29) is 43.6 Å². The number of hydrogen-bond donors (Lipinski definition) is 7. The summed E-state index contributed by atoms with van der Waals surface area (Å²) in [6, 6.07) is -3.79. The quantitative estimate of drug-likeness (QED) is 0.0571. The molecule has 0 aromatic rings. The highest BCUT2D eigenvalue weighted by Crippen LogP contribution is 2.20. The number of guanidine groups is 1. The third-order valence-electron chi connectivity index (χ3n) is 6.92. The predicted octanol–water partition coefficient (Wildman–Crippen LogP) is -2.05. The van der Waals surface area contributed by atoms with E-state index < -0.39 is 53.7 Å². The maximum Gasteiger partial charge on any atom is 0.245 e. The van der Waals surface area contributed by atoms with Gasteiger partial charge in [-0.3, -0.25) is 33.8 Å². The Balaban J connectivity index is 3.18. The van der Waals surface area contributed by atoms with Gasteiger partial charge in [0.2, 0.25) is 35.4 Å². The van der Waals surface area contributed by atoms with Crippen LogP contribution in [0.1, 0.15) is 72.6 Å². The molecule has 1 saturated heterocycles. The number of hydrogen-bond acceptors (Lipinski definition) is 7. The molecule has 0 aromatic carbocycles. The third kappa shape index (κ3) is 12.0. The van der Waals surface area contributed by atoms with Gasteiger partial charge in [-0.25, -0.2) is 0 Å². The van der Waals surface area contributed by atoms with Gasteiger partial charge < -0.3 is 43.4 Å². The Hall–Kier alpha value is -3.91. The molecule has 15 heteroatoms. The minimum Gasteiger partial charge on any atom is -0.370 e. The van der Waals surface area contributed by atoms with Crippen LogP contribution in [0.5, 0.6) is 0 Å². The zero-order valence-corrected chi connectivity index (χ0v) is 24.5. The lowest BCUT2D eigenvalue weighted by Gasteiger charge is -2.31. The van der Waals surface area contributed by atoms with Crippen molar-refractivity contribution in [2.75, 3.05) is 19.6 Å². The fourth-order valence-corrected chi connectivity index (χ4v) is 4.57. The number of primary amides is 1. The van der Waals surface area contributed by atoms with Gasteiger partial charge in [-0.05, 0) is 44.9 Å². The summed E-state index contributed by atoms with van der Waals surface area (Å²) in [4.78, 5) is 81.3. The Kier molecular flexibility index (Phi) is 15.2. The topological polar surface area (TPSA) is 244 Å². The Bertz CT molecular complexity index is 969. The molecule has 232 valence electrons. The van der Waals surface area contributed by atoms with Gasteiger partial charge in [-0.2, -0.15) is 0 Å². The van der Waals surface area contributed by atoms with Crippen LogP contribution in [-0.4, -0.2) is 90.1 Å². The summed E-state index contributed by atoms with van der Waals surface area (Å²) < 4.78 is 0. The zero-order valence-electron chi connectivity index (χ0n) is 24.5. The minimum atomic E-state index is -1.08. The molecule has 5 atom stereocenters. The summed E-state index contributed by atoms with van der Waals surface area (Å²) in [7, 11) is 0. The van der Waals surface area contributed by atoms with Crippen molar-refractivity contribution in [1.29, 1.82) is 0 Å². The Labute approximate surface area is 241 Å². The Morgan fingerprint density at radius 2 is 1.63 bits per heavy atom. The van der Waals surface area contributed by atoms with E-state index in [9.17, 15) is 28.8 Å². The lowest BCUT2D eigenvalue weighted by atomic mass is 9.96. The van der Waals surface area contributed by atoms with Gasteiger partial charge in [0.15, 0.2) is 5.96 Å². The van der Waals surface area contributed by atoms with Crippen molar-refractivity contribution < 1.29 is 28.8 Å². The van der Waals surface area contributed by atoms with Gasteiger partial charge in [0.25, 0.3) is 0 Å². The van der Waals surface area contributed by atoms with Crippen molar-refractivity contribution in [2.45, 2.75) is 96.8 Å². The fourth-order valence-electron chi connectivity index (χ4n) is 4.57. The van der Waals surface area contributed by atoms with E-state index in [0.717, 1.165) is 0 Å². The molecular formula is C26H47N9O6. The number of nitrogens with zero attached hydrogens (tertiary/aromatic N) is 2. The molecule has 0 spiro atoms. The smallest absolute Gasteiger partial charge is 0.245 e. The predicted molar refractivity (Wildman–Crippen MR) is 153 cm³/mol. The maximum absolute atomic E-state index is 13.7. The summed E-state index contributed by atoms with van der Waals surface area (Å²) >= 11 is 0.